The molecule has 1 aliphatic heterocycles. The SMILES string of the molecule is CCOC(=O)C1=c2oc(=O)/c(=C\c3ccncc3)n2-c2oc(N)nc2[C@H]1c1ccncc1. The summed E-state index contributed by atoms with van der Waals surface area (Å²) in [5.41, 5.74) is 7.10. The summed E-state index contributed by atoms with van der Waals surface area (Å²) in [6, 6.07) is 6.82. The number of pyridine rings is 2. The van der Waals surface area contributed by atoms with Gasteiger partial charge in [0.2, 0.25) is 11.4 Å². The summed E-state index contributed by atoms with van der Waals surface area (Å²) in [6.07, 6.45) is 7.98. The molecular formula is C22H17N5O5. The molecule has 1 aliphatic rings. The van der Waals surface area contributed by atoms with E-state index in [0.29, 0.717) is 16.8 Å². The lowest BCUT2D eigenvalue weighted by atomic mass is 9.87. The summed E-state index contributed by atoms with van der Waals surface area (Å²) in [5, 5.41) is 0.138. The van der Waals surface area contributed by atoms with Gasteiger partial charge in [-0.25, -0.2) is 14.2 Å². The van der Waals surface area contributed by atoms with E-state index < -0.39 is 17.5 Å². The van der Waals surface area contributed by atoms with Crippen LogP contribution in [-0.4, -0.2) is 32.1 Å². The van der Waals surface area contributed by atoms with Crippen molar-refractivity contribution in [1.82, 2.24) is 19.5 Å². The second-order valence-corrected chi connectivity index (χ2v) is 6.93. The molecule has 0 saturated heterocycles. The van der Waals surface area contributed by atoms with Crippen LogP contribution in [0.15, 0.2) is 62.7 Å². The Morgan fingerprint density at radius 2 is 1.84 bits per heavy atom. The van der Waals surface area contributed by atoms with Crippen LogP contribution in [0.3, 0.4) is 0 Å². The number of nitrogen functional groups attached to an aromatic ring is 1. The molecule has 5 heterocycles. The molecule has 0 radical (unpaired) electrons. The van der Waals surface area contributed by atoms with Crippen molar-refractivity contribution in [3.8, 4) is 5.88 Å². The van der Waals surface area contributed by atoms with Crippen molar-refractivity contribution in [2.75, 3.05) is 12.3 Å². The predicted molar refractivity (Wildman–Crippen MR) is 112 cm³/mol. The molecule has 0 amide bonds. The number of aromatic nitrogens is 4. The van der Waals surface area contributed by atoms with Crippen molar-refractivity contribution >= 4 is 23.6 Å². The van der Waals surface area contributed by atoms with E-state index in [2.05, 4.69) is 15.0 Å². The summed E-state index contributed by atoms with van der Waals surface area (Å²) in [4.78, 5) is 38.3. The second-order valence-electron chi connectivity index (χ2n) is 6.93. The molecule has 10 heteroatoms. The Morgan fingerprint density at radius 3 is 2.53 bits per heavy atom. The Balaban J connectivity index is 1.92. The number of carbonyl (C=O) groups is 1. The third-order valence-corrected chi connectivity index (χ3v) is 5.03. The first kappa shape index (κ1) is 19.5. The Morgan fingerprint density at radius 1 is 1.16 bits per heavy atom. The predicted octanol–water partition coefficient (Wildman–Crippen LogP) is 0.479. The molecule has 4 aromatic heterocycles. The van der Waals surface area contributed by atoms with Crippen molar-refractivity contribution in [1.29, 1.82) is 0 Å². The van der Waals surface area contributed by atoms with Crippen molar-refractivity contribution in [2.45, 2.75) is 12.8 Å². The number of ether oxygens (including phenoxy) is 1. The number of hydrogen-bond acceptors (Lipinski definition) is 9. The van der Waals surface area contributed by atoms with Crippen LogP contribution >= 0.6 is 0 Å². The quantitative estimate of drug-likeness (QED) is 0.457. The van der Waals surface area contributed by atoms with Gasteiger partial charge in [-0.3, -0.25) is 9.97 Å². The van der Waals surface area contributed by atoms with Crippen LogP contribution in [0.2, 0.25) is 0 Å². The zero-order chi connectivity index (χ0) is 22.2. The van der Waals surface area contributed by atoms with Gasteiger partial charge in [0, 0.05) is 24.8 Å². The molecule has 10 nitrogen and oxygen atoms in total. The average molecular weight is 431 g/mol. The van der Waals surface area contributed by atoms with Crippen LogP contribution in [0.1, 0.15) is 29.7 Å². The van der Waals surface area contributed by atoms with Gasteiger partial charge in [0.15, 0.2) is 0 Å². The topological polar surface area (TPSA) is 139 Å². The fourth-order valence-electron chi connectivity index (χ4n) is 3.75. The van der Waals surface area contributed by atoms with E-state index in [4.69, 9.17) is 19.3 Å². The summed E-state index contributed by atoms with van der Waals surface area (Å²) in [6.45, 7) is 1.83. The third kappa shape index (κ3) is 3.09. The molecule has 0 spiro atoms. The number of esters is 1. The summed E-state index contributed by atoms with van der Waals surface area (Å²) in [7, 11) is 0. The standard InChI is InChI=1S/C22H17N5O5/c1-2-30-21(29)16-15(13-5-9-25-10-6-13)17-19(32-22(23)26-17)27-14(20(28)31-18(16)27)11-12-3-7-24-8-4-12/h3-11,15H,2H2,1H3,(H2,23,26)/b14-11+/t15-/m0/s1. The molecule has 0 bridgehead atoms. The molecule has 2 N–H and O–H groups in total. The van der Waals surface area contributed by atoms with Gasteiger partial charge in [-0.05, 0) is 48.4 Å². The highest BCUT2D eigenvalue weighted by Crippen LogP contribution is 2.38. The Labute approximate surface area is 180 Å². The molecular weight excluding hydrogens is 414 g/mol. The van der Waals surface area contributed by atoms with Crippen LogP contribution in [0.5, 0.6) is 0 Å². The summed E-state index contributed by atoms with van der Waals surface area (Å²) >= 11 is 0. The largest absolute Gasteiger partial charge is 0.462 e. The fourth-order valence-corrected chi connectivity index (χ4v) is 3.75. The van der Waals surface area contributed by atoms with Gasteiger partial charge in [0.05, 0.1) is 12.5 Å². The van der Waals surface area contributed by atoms with E-state index in [0.717, 1.165) is 0 Å². The fraction of sp³-hybridized carbons (Fsp3) is 0.136. The van der Waals surface area contributed by atoms with Gasteiger partial charge in [0.1, 0.15) is 16.6 Å². The molecule has 4 aromatic rings. The number of anilines is 1. The van der Waals surface area contributed by atoms with Crippen molar-refractivity contribution < 1.29 is 18.4 Å². The Kier molecular flexibility index (Phi) is 4.66. The Bertz CT molecular complexity index is 1490. The van der Waals surface area contributed by atoms with Crippen LogP contribution in [0, 0.1) is 0 Å². The normalized spacial score (nSPS) is 15.3. The van der Waals surface area contributed by atoms with E-state index in [-0.39, 0.29) is 35.0 Å². The molecule has 32 heavy (non-hydrogen) atoms. The van der Waals surface area contributed by atoms with Crippen molar-refractivity contribution in [3.63, 3.8) is 0 Å². The van der Waals surface area contributed by atoms with E-state index >= 15 is 0 Å². The minimum Gasteiger partial charge on any atom is -0.462 e. The van der Waals surface area contributed by atoms with Gasteiger partial charge in [-0.1, -0.05) is 0 Å². The maximum Gasteiger partial charge on any atom is 0.362 e. The minimum atomic E-state index is -0.729. The maximum atomic E-state index is 13.1. The lowest BCUT2D eigenvalue weighted by molar-refractivity contribution is -0.136. The van der Waals surface area contributed by atoms with E-state index in [9.17, 15) is 9.59 Å². The van der Waals surface area contributed by atoms with Crippen molar-refractivity contribution in [2.24, 2.45) is 0 Å². The van der Waals surface area contributed by atoms with Crippen LogP contribution in [0.25, 0.3) is 17.5 Å². The monoisotopic (exact) mass is 431 g/mol. The molecule has 0 fully saturated rings. The lowest BCUT2D eigenvalue weighted by Crippen LogP contribution is -2.37. The average Bonchev–Trinajstić information content (AvgIpc) is 3.33. The first-order valence-electron chi connectivity index (χ1n) is 9.80. The number of rotatable bonds is 4. The van der Waals surface area contributed by atoms with Gasteiger partial charge in [-0.2, -0.15) is 4.98 Å². The molecule has 160 valence electrons. The summed E-state index contributed by atoms with van der Waals surface area (Å²) < 4.78 is 18.0. The number of nitrogens with two attached hydrogens (primary N) is 1. The molecule has 5 rings (SSSR count). The second kappa shape index (κ2) is 7.65. The first-order chi connectivity index (χ1) is 15.6. The molecule has 0 unspecified atom stereocenters. The van der Waals surface area contributed by atoms with E-state index in [1.165, 1.54) is 4.57 Å². The van der Waals surface area contributed by atoms with Gasteiger partial charge in [0.25, 0.3) is 6.01 Å². The number of carbonyl (C=O) groups excluding carboxylic acids is 1. The zero-order valence-corrected chi connectivity index (χ0v) is 16.9. The minimum absolute atomic E-state index is 0.000724. The van der Waals surface area contributed by atoms with Crippen molar-refractivity contribution in [3.05, 3.63) is 87.2 Å². The molecule has 0 aromatic carbocycles. The van der Waals surface area contributed by atoms with Gasteiger partial charge >= 0.3 is 11.6 Å². The van der Waals surface area contributed by atoms with Crippen LogP contribution in [0.4, 0.5) is 6.01 Å². The molecule has 0 aliphatic carbocycles. The lowest BCUT2D eigenvalue weighted by Gasteiger charge is -2.21. The number of fused-ring (bicyclic) bond motifs is 3. The highest BCUT2D eigenvalue weighted by atomic mass is 16.5. The van der Waals surface area contributed by atoms with Crippen LogP contribution < -0.4 is 22.3 Å². The number of hydrogen-bond donors (Lipinski definition) is 1. The number of nitrogens with zero attached hydrogens (tertiary/aromatic N) is 4. The first-order valence-corrected chi connectivity index (χ1v) is 9.80. The van der Waals surface area contributed by atoms with Gasteiger partial charge in [-0.15, -0.1) is 0 Å². The highest BCUT2D eigenvalue weighted by molar-refractivity contribution is 6.12. The third-order valence-electron chi connectivity index (χ3n) is 5.03. The Hall–Kier alpha value is -4.47. The van der Waals surface area contributed by atoms with Crippen LogP contribution in [-0.2, 0) is 9.53 Å². The van der Waals surface area contributed by atoms with E-state index in [1.807, 2.05) is 0 Å². The van der Waals surface area contributed by atoms with E-state index in [1.54, 1.807) is 62.1 Å². The molecule has 1 atom stereocenters. The maximum absolute atomic E-state index is 13.1. The summed E-state index contributed by atoms with van der Waals surface area (Å²) in [5.74, 6) is -1.18. The number of oxazole rings is 2. The zero-order valence-electron chi connectivity index (χ0n) is 16.9. The highest BCUT2D eigenvalue weighted by Gasteiger charge is 2.39. The van der Waals surface area contributed by atoms with Gasteiger partial charge < -0.3 is 19.3 Å². The molecule has 0 saturated carbocycles. The smallest absolute Gasteiger partial charge is 0.362 e.